The van der Waals surface area contributed by atoms with Crippen LogP contribution in [0.5, 0.6) is 5.75 Å². The zero-order valence-corrected chi connectivity index (χ0v) is 11.2. The van der Waals surface area contributed by atoms with Gasteiger partial charge >= 0.3 is 5.97 Å². The molecule has 0 saturated carbocycles. The van der Waals surface area contributed by atoms with Crippen molar-refractivity contribution in [3.63, 3.8) is 0 Å². The molecule has 0 unspecified atom stereocenters. The van der Waals surface area contributed by atoms with Crippen LogP contribution in [0.4, 0.5) is 0 Å². The molecule has 0 bridgehead atoms. The summed E-state index contributed by atoms with van der Waals surface area (Å²) in [5.41, 5.74) is 1.19. The lowest BCUT2D eigenvalue weighted by Crippen LogP contribution is -2.11. The Hall–Kier alpha value is -1.54. The van der Waals surface area contributed by atoms with Gasteiger partial charge in [-0.1, -0.05) is 15.9 Å². The van der Waals surface area contributed by atoms with Gasteiger partial charge in [0.15, 0.2) is 0 Å². The third kappa shape index (κ3) is 2.77. The first kappa shape index (κ1) is 13.5. The predicted octanol–water partition coefficient (Wildman–Crippen LogP) is 2.64. The molecule has 0 aliphatic carbocycles. The first-order valence-electron chi connectivity index (χ1n) is 5.02. The standard InChI is InChI=1S/C12H12BrNO3/c1-3-17-12(15)11-8(7-14)4-5-10(16-2)9(11)6-13/h4-5H,3,6H2,1-2H3. The van der Waals surface area contributed by atoms with Crippen molar-refractivity contribution < 1.29 is 14.3 Å². The summed E-state index contributed by atoms with van der Waals surface area (Å²) in [5, 5.41) is 9.42. The summed E-state index contributed by atoms with van der Waals surface area (Å²) in [6, 6.07) is 5.20. The molecule has 0 fully saturated rings. The second-order valence-corrected chi connectivity index (χ2v) is 3.70. The Balaban J connectivity index is 3.41. The number of hydrogen-bond donors (Lipinski definition) is 0. The fourth-order valence-electron chi connectivity index (χ4n) is 1.48. The minimum Gasteiger partial charge on any atom is -0.496 e. The number of esters is 1. The van der Waals surface area contributed by atoms with Gasteiger partial charge in [0.1, 0.15) is 11.8 Å². The van der Waals surface area contributed by atoms with E-state index in [2.05, 4.69) is 15.9 Å². The lowest BCUT2D eigenvalue weighted by atomic mass is 10.0. The summed E-state index contributed by atoms with van der Waals surface area (Å²) >= 11 is 3.29. The number of halogens is 1. The molecule has 0 amide bonds. The Morgan fingerprint density at radius 1 is 1.53 bits per heavy atom. The van der Waals surface area contributed by atoms with Gasteiger partial charge in [-0.05, 0) is 19.1 Å². The first-order valence-corrected chi connectivity index (χ1v) is 6.14. The smallest absolute Gasteiger partial charge is 0.339 e. The highest BCUT2D eigenvalue weighted by Gasteiger charge is 2.20. The summed E-state index contributed by atoms with van der Waals surface area (Å²) in [5.74, 6) is 0.0568. The minimum absolute atomic E-state index is 0.267. The van der Waals surface area contributed by atoms with Crippen molar-refractivity contribution in [2.24, 2.45) is 0 Å². The fourth-order valence-corrected chi connectivity index (χ4v) is 2.04. The second kappa shape index (κ2) is 6.26. The van der Waals surface area contributed by atoms with Crippen LogP contribution in [0.25, 0.3) is 0 Å². The Morgan fingerprint density at radius 2 is 2.24 bits per heavy atom. The summed E-state index contributed by atoms with van der Waals surface area (Å²) < 4.78 is 10.1. The van der Waals surface area contributed by atoms with Crippen molar-refractivity contribution >= 4 is 21.9 Å². The molecule has 0 saturated heterocycles. The van der Waals surface area contributed by atoms with E-state index in [-0.39, 0.29) is 12.2 Å². The zero-order chi connectivity index (χ0) is 12.8. The molecule has 0 N–H and O–H groups in total. The van der Waals surface area contributed by atoms with Gasteiger partial charge in [0.05, 0.1) is 24.8 Å². The quantitative estimate of drug-likeness (QED) is 0.633. The van der Waals surface area contributed by atoms with Gasteiger partial charge in [0, 0.05) is 10.9 Å². The van der Waals surface area contributed by atoms with Crippen LogP contribution in [-0.2, 0) is 10.1 Å². The Labute approximate surface area is 108 Å². The van der Waals surface area contributed by atoms with Gasteiger partial charge in [-0.25, -0.2) is 4.79 Å². The molecule has 17 heavy (non-hydrogen) atoms. The van der Waals surface area contributed by atoms with Crippen molar-refractivity contribution in [2.45, 2.75) is 12.3 Å². The molecular weight excluding hydrogens is 286 g/mol. The molecule has 0 aliphatic rings. The van der Waals surface area contributed by atoms with Gasteiger partial charge in [-0.3, -0.25) is 0 Å². The molecule has 1 aromatic carbocycles. The van der Waals surface area contributed by atoms with Crippen molar-refractivity contribution in [2.75, 3.05) is 13.7 Å². The third-order valence-electron chi connectivity index (χ3n) is 2.22. The molecule has 1 rings (SSSR count). The van der Waals surface area contributed by atoms with E-state index in [9.17, 15) is 4.79 Å². The van der Waals surface area contributed by atoms with Crippen LogP contribution in [0.3, 0.4) is 0 Å². The molecule has 0 radical (unpaired) electrons. The van der Waals surface area contributed by atoms with E-state index in [0.717, 1.165) is 0 Å². The molecule has 0 heterocycles. The van der Waals surface area contributed by atoms with E-state index in [4.69, 9.17) is 14.7 Å². The van der Waals surface area contributed by atoms with E-state index in [0.29, 0.717) is 22.2 Å². The first-order chi connectivity index (χ1) is 8.19. The SMILES string of the molecule is CCOC(=O)c1c(C#N)ccc(OC)c1CBr. The maximum absolute atomic E-state index is 11.8. The van der Waals surface area contributed by atoms with Crippen LogP contribution >= 0.6 is 15.9 Å². The van der Waals surface area contributed by atoms with Crippen LogP contribution in [0.1, 0.15) is 28.4 Å². The predicted molar refractivity (Wildman–Crippen MR) is 66.3 cm³/mol. The molecular formula is C12H12BrNO3. The highest BCUT2D eigenvalue weighted by molar-refractivity contribution is 9.08. The third-order valence-corrected chi connectivity index (χ3v) is 2.78. The van der Waals surface area contributed by atoms with E-state index in [1.165, 1.54) is 7.11 Å². The lowest BCUT2D eigenvalue weighted by molar-refractivity contribution is 0.0524. The molecule has 0 spiro atoms. The summed E-state index contributed by atoms with van der Waals surface area (Å²) in [6.07, 6.45) is 0. The van der Waals surface area contributed by atoms with Crippen LogP contribution in [0.15, 0.2) is 12.1 Å². The summed E-state index contributed by atoms with van der Waals surface area (Å²) in [4.78, 5) is 11.8. The number of hydrogen-bond acceptors (Lipinski definition) is 4. The number of carbonyl (C=O) groups is 1. The average Bonchev–Trinajstić information content (AvgIpc) is 2.36. The molecule has 4 nitrogen and oxygen atoms in total. The van der Waals surface area contributed by atoms with E-state index in [1.807, 2.05) is 6.07 Å². The number of benzene rings is 1. The van der Waals surface area contributed by atoms with Crippen LogP contribution in [0, 0.1) is 11.3 Å². The van der Waals surface area contributed by atoms with E-state index < -0.39 is 5.97 Å². The number of nitriles is 1. The Morgan fingerprint density at radius 3 is 2.71 bits per heavy atom. The highest BCUT2D eigenvalue weighted by Crippen LogP contribution is 2.28. The van der Waals surface area contributed by atoms with Crippen LogP contribution < -0.4 is 4.74 Å². The lowest BCUT2D eigenvalue weighted by Gasteiger charge is -2.12. The number of ether oxygens (including phenoxy) is 2. The van der Waals surface area contributed by atoms with Gasteiger partial charge in [-0.2, -0.15) is 5.26 Å². The average molecular weight is 298 g/mol. The molecule has 0 aromatic heterocycles. The topological polar surface area (TPSA) is 59.3 Å². The molecule has 1 aromatic rings. The van der Waals surface area contributed by atoms with Crippen LogP contribution in [0.2, 0.25) is 0 Å². The zero-order valence-electron chi connectivity index (χ0n) is 9.62. The molecule has 0 atom stereocenters. The van der Waals surface area contributed by atoms with Crippen molar-refractivity contribution in [3.8, 4) is 11.8 Å². The number of alkyl halides is 1. The van der Waals surface area contributed by atoms with Crippen molar-refractivity contribution in [1.82, 2.24) is 0 Å². The van der Waals surface area contributed by atoms with Gasteiger partial charge in [-0.15, -0.1) is 0 Å². The van der Waals surface area contributed by atoms with E-state index in [1.54, 1.807) is 19.1 Å². The highest BCUT2D eigenvalue weighted by atomic mass is 79.9. The number of methoxy groups -OCH3 is 1. The van der Waals surface area contributed by atoms with Crippen LogP contribution in [-0.4, -0.2) is 19.7 Å². The monoisotopic (exact) mass is 297 g/mol. The number of nitrogens with zero attached hydrogens (tertiary/aromatic N) is 1. The summed E-state index contributed by atoms with van der Waals surface area (Å²) in [6.45, 7) is 1.99. The fraction of sp³-hybridized carbons (Fsp3) is 0.333. The molecule has 0 aliphatic heterocycles. The Bertz CT molecular complexity index is 466. The maximum Gasteiger partial charge on any atom is 0.339 e. The van der Waals surface area contributed by atoms with Crippen molar-refractivity contribution in [1.29, 1.82) is 5.26 Å². The number of carbonyl (C=O) groups excluding carboxylic acids is 1. The van der Waals surface area contributed by atoms with E-state index >= 15 is 0 Å². The molecule has 5 heteroatoms. The van der Waals surface area contributed by atoms with Gasteiger partial charge in [0.2, 0.25) is 0 Å². The maximum atomic E-state index is 11.8. The minimum atomic E-state index is -0.502. The second-order valence-electron chi connectivity index (χ2n) is 3.13. The number of rotatable bonds is 4. The van der Waals surface area contributed by atoms with Gasteiger partial charge in [0.25, 0.3) is 0 Å². The van der Waals surface area contributed by atoms with Crippen molar-refractivity contribution in [3.05, 3.63) is 28.8 Å². The Kier molecular flexibility index (Phi) is 4.98. The largest absolute Gasteiger partial charge is 0.496 e. The summed E-state index contributed by atoms with van der Waals surface area (Å²) in [7, 11) is 1.52. The molecule has 90 valence electrons. The van der Waals surface area contributed by atoms with Gasteiger partial charge < -0.3 is 9.47 Å². The normalized spacial score (nSPS) is 9.53.